The van der Waals surface area contributed by atoms with Gasteiger partial charge in [0, 0.05) is 12.3 Å². The van der Waals surface area contributed by atoms with Crippen molar-refractivity contribution in [1.82, 2.24) is 0 Å². The second kappa shape index (κ2) is 5.31. The van der Waals surface area contributed by atoms with Gasteiger partial charge in [0.2, 0.25) is 5.78 Å². The highest BCUT2D eigenvalue weighted by atomic mass is 35.5. The van der Waals surface area contributed by atoms with E-state index in [-0.39, 0.29) is 18.1 Å². The quantitative estimate of drug-likeness (QED) is 0.488. The van der Waals surface area contributed by atoms with Gasteiger partial charge in [0.15, 0.2) is 0 Å². The fourth-order valence-electron chi connectivity index (χ4n) is 1.31. The van der Waals surface area contributed by atoms with E-state index in [2.05, 4.69) is 0 Å². The lowest BCUT2D eigenvalue weighted by molar-refractivity contribution is 0.00440. The van der Waals surface area contributed by atoms with Crippen molar-refractivity contribution in [2.45, 2.75) is 18.8 Å². The van der Waals surface area contributed by atoms with Crippen molar-refractivity contribution in [3.05, 3.63) is 23.8 Å². The van der Waals surface area contributed by atoms with E-state index >= 15 is 0 Å². The van der Waals surface area contributed by atoms with Gasteiger partial charge in [-0.25, -0.2) is 0 Å². The van der Waals surface area contributed by atoms with Crippen LogP contribution in [0, 0.1) is 0 Å². The third-order valence-electron chi connectivity index (χ3n) is 2.18. The number of carbonyl (C=O) groups excluding carboxylic acids is 1. The number of hydrogen-bond acceptors (Lipinski definition) is 3. The van der Waals surface area contributed by atoms with Gasteiger partial charge < -0.3 is 10.2 Å². The lowest BCUT2D eigenvalue weighted by Gasteiger charge is -2.15. The molecule has 2 N–H and O–H groups in total. The molecule has 0 atom stereocenters. The molecular weight excluding hydrogens is 254 g/mol. The number of phenols is 2. The summed E-state index contributed by atoms with van der Waals surface area (Å²) >= 11 is 5.28. The highest BCUT2D eigenvalue weighted by molar-refractivity contribution is 6.17. The van der Waals surface area contributed by atoms with E-state index in [1.807, 2.05) is 0 Å². The first-order valence-corrected chi connectivity index (χ1v) is 5.42. The van der Waals surface area contributed by atoms with Crippen LogP contribution in [0.1, 0.15) is 23.2 Å². The zero-order valence-electron chi connectivity index (χ0n) is 8.79. The second-order valence-corrected chi connectivity index (χ2v) is 3.91. The molecule has 0 aliphatic rings. The van der Waals surface area contributed by atoms with Crippen LogP contribution in [0.25, 0.3) is 0 Å². The van der Waals surface area contributed by atoms with E-state index in [1.165, 1.54) is 0 Å². The van der Waals surface area contributed by atoms with Crippen LogP contribution in [0.15, 0.2) is 18.2 Å². The van der Waals surface area contributed by atoms with Crippen LogP contribution >= 0.6 is 11.6 Å². The third kappa shape index (κ3) is 3.30. The monoisotopic (exact) mass is 264 g/mol. The predicted molar refractivity (Wildman–Crippen MR) is 59.0 cm³/mol. The largest absolute Gasteiger partial charge is 0.508 e. The molecule has 94 valence electrons. The fourth-order valence-corrected chi connectivity index (χ4v) is 1.44. The molecular formula is C11H11ClF2O3. The number of ketones is 1. The van der Waals surface area contributed by atoms with Gasteiger partial charge in [-0.2, -0.15) is 8.78 Å². The number of benzene rings is 1. The van der Waals surface area contributed by atoms with Crippen molar-refractivity contribution in [3.8, 4) is 11.5 Å². The molecule has 0 aromatic heterocycles. The van der Waals surface area contributed by atoms with Gasteiger partial charge >= 0.3 is 5.92 Å². The first kappa shape index (κ1) is 13.7. The Bertz CT molecular complexity index is 421. The Hall–Kier alpha value is -1.36. The maximum Gasteiger partial charge on any atom is 0.309 e. The van der Waals surface area contributed by atoms with Gasteiger partial charge in [0.25, 0.3) is 0 Å². The third-order valence-corrected chi connectivity index (χ3v) is 2.45. The minimum atomic E-state index is -3.60. The van der Waals surface area contributed by atoms with Crippen LogP contribution in [0.4, 0.5) is 8.78 Å². The summed E-state index contributed by atoms with van der Waals surface area (Å²) in [4.78, 5) is 11.5. The lowest BCUT2D eigenvalue weighted by Crippen LogP contribution is -2.28. The molecule has 0 fully saturated rings. The summed E-state index contributed by atoms with van der Waals surface area (Å²) in [5.41, 5.74) is -0.593. The molecule has 0 aliphatic heterocycles. The van der Waals surface area contributed by atoms with Crippen LogP contribution in [-0.4, -0.2) is 27.8 Å². The van der Waals surface area contributed by atoms with E-state index in [9.17, 15) is 18.7 Å². The molecule has 6 heteroatoms. The second-order valence-electron chi connectivity index (χ2n) is 3.53. The van der Waals surface area contributed by atoms with E-state index in [1.54, 1.807) is 0 Å². The summed E-state index contributed by atoms with van der Waals surface area (Å²) in [7, 11) is 0. The Labute approximate surface area is 102 Å². The van der Waals surface area contributed by atoms with Gasteiger partial charge in [0.1, 0.15) is 11.5 Å². The standard InChI is InChI=1S/C11H11ClF2O3/c12-5-1-4-11(13,14)10(17)8-6-7(15)2-3-9(8)16/h2-3,6,15-16H,1,4-5H2. The molecule has 0 saturated heterocycles. The smallest absolute Gasteiger partial charge is 0.309 e. The zero-order valence-corrected chi connectivity index (χ0v) is 9.55. The lowest BCUT2D eigenvalue weighted by atomic mass is 10.0. The Kier molecular flexibility index (Phi) is 4.28. The average Bonchev–Trinajstić information content (AvgIpc) is 2.29. The first-order chi connectivity index (χ1) is 7.88. The van der Waals surface area contributed by atoms with Gasteiger partial charge in [-0.1, -0.05) is 0 Å². The average molecular weight is 265 g/mol. The topological polar surface area (TPSA) is 57.5 Å². The SMILES string of the molecule is O=C(c1cc(O)ccc1O)C(F)(F)CCCCl. The van der Waals surface area contributed by atoms with Crippen molar-refractivity contribution in [2.75, 3.05) is 5.88 Å². The molecule has 0 radical (unpaired) electrons. The number of alkyl halides is 3. The van der Waals surface area contributed by atoms with E-state index < -0.39 is 29.4 Å². The van der Waals surface area contributed by atoms with Gasteiger partial charge in [0.05, 0.1) is 5.56 Å². The summed E-state index contributed by atoms with van der Waals surface area (Å²) in [6.45, 7) is 0. The van der Waals surface area contributed by atoms with Gasteiger partial charge in [-0.05, 0) is 24.6 Å². The van der Waals surface area contributed by atoms with Crippen molar-refractivity contribution in [1.29, 1.82) is 0 Å². The number of halogens is 3. The molecule has 3 nitrogen and oxygen atoms in total. The van der Waals surface area contributed by atoms with E-state index in [4.69, 9.17) is 16.7 Å². The first-order valence-electron chi connectivity index (χ1n) is 4.89. The maximum atomic E-state index is 13.4. The van der Waals surface area contributed by atoms with Crippen LogP contribution in [0.5, 0.6) is 11.5 Å². The molecule has 17 heavy (non-hydrogen) atoms. The molecule has 0 unspecified atom stereocenters. The fraction of sp³-hybridized carbons (Fsp3) is 0.364. The maximum absolute atomic E-state index is 13.4. The van der Waals surface area contributed by atoms with E-state index in [0.717, 1.165) is 18.2 Å². The summed E-state index contributed by atoms with van der Waals surface area (Å²) in [6.07, 6.45) is -0.704. The highest BCUT2D eigenvalue weighted by Crippen LogP contribution is 2.31. The molecule has 1 rings (SSSR count). The number of hydrogen-bond donors (Lipinski definition) is 2. The number of carbonyl (C=O) groups is 1. The zero-order chi connectivity index (χ0) is 13.1. The number of phenolic OH excluding ortho intramolecular Hbond substituents is 2. The minimum Gasteiger partial charge on any atom is -0.508 e. The van der Waals surface area contributed by atoms with Crippen LogP contribution < -0.4 is 0 Å². The Balaban J connectivity index is 2.99. The highest BCUT2D eigenvalue weighted by Gasteiger charge is 2.39. The van der Waals surface area contributed by atoms with Crippen molar-refractivity contribution < 1.29 is 23.8 Å². The van der Waals surface area contributed by atoms with Crippen LogP contribution in [-0.2, 0) is 0 Å². The summed E-state index contributed by atoms with van der Waals surface area (Å²) in [5, 5.41) is 18.4. The Morgan fingerprint density at radius 2 is 2.00 bits per heavy atom. The normalized spacial score (nSPS) is 11.5. The number of rotatable bonds is 5. The molecule has 1 aromatic rings. The predicted octanol–water partition coefficient (Wildman–Crippen LogP) is 2.93. The van der Waals surface area contributed by atoms with Gasteiger partial charge in [-0.3, -0.25) is 4.79 Å². The molecule has 1 aromatic carbocycles. The molecule has 0 saturated carbocycles. The van der Waals surface area contributed by atoms with Crippen molar-refractivity contribution >= 4 is 17.4 Å². The van der Waals surface area contributed by atoms with Crippen LogP contribution in [0.2, 0.25) is 0 Å². The van der Waals surface area contributed by atoms with Crippen molar-refractivity contribution in [2.24, 2.45) is 0 Å². The Morgan fingerprint density at radius 1 is 1.35 bits per heavy atom. The van der Waals surface area contributed by atoms with Crippen molar-refractivity contribution in [3.63, 3.8) is 0 Å². The molecule has 0 amide bonds. The minimum absolute atomic E-state index is 0.0140. The number of aromatic hydroxyl groups is 2. The van der Waals surface area contributed by atoms with E-state index in [0.29, 0.717) is 0 Å². The summed E-state index contributed by atoms with van der Waals surface area (Å²) in [5.74, 6) is -6.04. The molecule has 0 heterocycles. The number of Topliss-reactive ketones (excluding diaryl/α,β-unsaturated/α-hetero) is 1. The summed E-state index contributed by atoms with van der Waals surface area (Å²) < 4.78 is 26.8. The van der Waals surface area contributed by atoms with Gasteiger partial charge in [-0.15, -0.1) is 11.6 Å². The Morgan fingerprint density at radius 3 is 2.59 bits per heavy atom. The summed E-state index contributed by atoms with van der Waals surface area (Å²) in [6, 6.07) is 2.90. The molecule has 0 bridgehead atoms. The van der Waals surface area contributed by atoms with Crippen LogP contribution in [0.3, 0.4) is 0 Å². The molecule has 0 spiro atoms. The molecule has 0 aliphatic carbocycles.